The molecular formula is C35H50ClN7O4S. The van der Waals surface area contributed by atoms with Gasteiger partial charge in [0.1, 0.15) is 12.1 Å². The Kier molecular flexibility index (Phi) is 10.4. The van der Waals surface area contributed by atoms with Gasteiger partial charge in [-0.3, -0.25) is 29.0 Å². The summed E-state index contributed by atoms with van der Waals surface area (Å²) in [5.41, 5.74) is 11.1. The minimum absolute atomic E-state index is 0.0711. The van der Waals surface area contributed by atoms with Gasteiger partial charge in [-0.1, -0.05) is 68.5 Å². The summed E-state index contributed by atoms with van der Waals surface area (Å²) in [4.78, 5) is 68.9. The predicted molar refractivity (Wildman–Crippen MR) is 187 cm³/mol. The second-order valence-electron chi connectivity index (χ2n) is 14.9. The van der Waals surface area contributed by atoms with Gasteiger partial charge < -0.3 is 21.3 Å². The number of rotatable bonds is 8. The molecule has 1 aromatic heterocycles. The van der Waals surface area contributed by atoms with E-state index in [1.807, 2.05) is 16.0 Å². The fraction of sp³-hybridized carbons (Fsp3) is 0.686. The van der Waals surface area contributed by atoms with Crippen molar-refractivity contribution in [3.63, 3.8) is 0 Å². The number of halogens is 1. The zero-order valence-electron chi connectivity index (χ0n) is 28.4. The molecular weight excluding hydrogens is 650 g/mol. The number of anilines is 1. The number of allylic oxidation sites excluding steroid dienone is 2. The highest BCUT2D eigenvalue weighted by atomic mass is 35.5. The van der Waals surface area contributed by atoms with Gasteiger partial charge in [-0.15, -0.1) is 0 Å². The smallest absolute Gasteiger partial charge is 0.256 e. The normalized spacial score (nSPS) is 31.6. The van der Waals surface area contributed by atoms with E-state index in [1.165, 1.54) is 11.3 Å². The van der Waals surface area contributed by atoms with Crippen LogP contribution in [-0.2, 0) is 19.2 Å². The van der Waals surface area contributed by atoms with Crippen molar-refractivity contribution < 1.29 is 19.2 Å². The molecule has 4 atom stereocenters. The van der Waals surface area contributed by atoms with Gasteiger partial charge in [0.2, 0.25) is 11.8 Å². The summed E-state index contributed by atoms with van der Waals surface area (Å²) in [6.45, 7) is 9.32. The second-order valence-corrected chi connectivity index (χ2v) is 16.3. The number of nitrogens with two attached hydrogens (primary N) is 2. The number of hydrogen-bond acceptors (Lipinski definition) is 9. The van der Waals surface area contributed by atoms with Gasteiger partial charge >= 0.3 is 0 Å². The molecule has 0 aromatic carbocycles. The van der Waals surface area contributed by atoms with Gasteiger partial charge in [-0.05, 0) is 55.4 Å². The van der Waals surface area contributed by atoms with Crippen LogP contribution in [0.5, 0.6) is 0 Å². The van der Waals surface area contributed by atoms with Crippen molar-refractivity contribution >= 4 is 51.6 Å². The van der Waals surface area contributed by atoms with Gasteiger partial charge in [-0.25, -0.2) is 4.98 Å². The van der Waals surface area contributed by atoms with Crippen LogP contribution in [0.1, 0.15) is 83.1 Å². The lowest BCUT2D eigenvalue weighted by Gasteiger charge is -2.47. The van der Waals surface area contributed by atoms with Crippen LogP contribution in [0.25, 0.3) is 0 Å². The summed E-state index contributed by atoms with van der Waals surface area (Å²) in [6, 6.07) is -1.96. The molecule has 2 saturated carbocycles. The fourth-order valence-electron chi connectivity index (χ4n) is 8.53. The number of aromatic nitrogens is 1. The summed E-state index contributed by atoms with van der Waals surface area (Å²) >= 11 is 7.99. The maximum Gasteiger partial charge on any atom is 0.256 e. The zero-order valence-corrected chi connectivity index (χ0v) is 29.9. The first-order chi connectivity index (χ1) is 22.9. The first-order valence-corrected chi connectivity index (χ1v) is 18.8. The number of piperazine rings is 1. The Bertz CT molecular complexity index is 1460. The lowest BCUT2D eigenvalue weighted by Crippen LogP contribution is -2.70. The average Bonchev–Trinajstić information content (AvgIpc) is 3.56. The molecule has 4 N–H and O–H groups in total. The van der Waals surface area contributed by atoms with Crippen molar-refractivity contribution in [1.82, 2.24) is 19.7 Å². The Morgan fingerprint density at radius 1 is 1.02 bits per heavy atom. The maximum atomic E-state index is 15.1. The van der Waals surface area contributed by atoms with E-state index in [9.17, 15) is 9.59 Å². The van der Waals surface area contributed by atoms with E-state index < -0.39 is 29.3 Å². The van der Waals surface area contributed by atoms with Crippen LogP contribution in [-0.4, -0.2) is 93.5 Å². The van der Waals surface area contributed by atoms with Crippen molar-refractivity contribution in [2.24, 2.45) is 35.1 Å². The highest BCUT2D eigenvalue weighted by Crippen LogP contribution is 2.44. The molecule has 1 saturated heterocycles. The standard InChI is InChI=1S/C35H50ClN7O4S/c1-21-4-8-24(9-5-21)30(31(45)35(38,33(37)47)25-10-6-22(2)7-11-25)43-32(46)27-13-12-26(36)19-42(27)28(29-18-39-34(43)48-29)20-40-14-16-41(17-15-40)23(3)44/h12-13,18-19,21-22,24-25,27-28,30H,4-11,14-17,20,38H2,1-3H3,(H2,37,47). The number of primary amides is 1. The van der Waals surface area contributed by atoms with E-state index in [0.29, 0.717) is 54.5 Å². The number of Topliss-reactive ketones (excluding diaryl/α,β-unsaturated/α-hetero) is 1. The number of carbonyl (C=O) groups excluding carboxylic acids is 4. The first-order valence-electron chi connectivity index (χ1n) is 17.6. The van der Waals surface area contributed by atoms with E-state index >= 15 is 9.59 Å². The number of amides is 3. The number of thiazole rings is 1. The molecule has 1 aromatic rings. The van der Waals surface area contributed by atoms with Crippen LogP contribution < -0.4 is 16.4 Å². The largest absolute Gasteiger partial charge is 0.368 e. The molecule has 5 aliphatic rings. The number of carbonyl (C=O) groups is 4. The molecule has 11 nitrogen and oxygen atoms in total. The van der Waals surface area contributed by atoms with Crippen LogP contribution in [0.15, 0.2) is 29.6 Å². The Labute approximate surface area is 292 Å². The molecule has 3 amide bonds. The fourth-order valence-corrected chi connectivity index (χ4v) is 9.77. The number of nitrogens with zero attached hydrogens (tertiary/aromatic N) is 5. The molecule has 0 radical (unpaired) electrons. The summed E-state index contributed by atoms with van der Waals surface area (Å²) in [5.74, 6) is -1.08. The molecule has 262 valence electrons. The average molecular weight is 700 g/mol. The zero-order chi connectivity index (χ0) is 34.3. The van der Waals surface area contributed by atoms with Crippen molar-refractivity contribution in [2.75, 3.05) is 37.6 Å². The van der Waals surface area contributed by atoms with Crippen LogP contribution in [0.2, 0.25) is 0 Å². The quantitative estimate of drug-likeness (QED) is 0.390. The van der Waals surface area contributed by atoms with Crippen molar-refractivity contribution in [2.45, 2.75) is 95.8 Å². The van der Waals surface area contributed by atoms with E-state index in [4.69, 9.17) is 28.1 Å². The Morgan fingerprint density at radius 2 is 1.65 bits per heavy atom. The highest BCUT2D eigenvalue weighted by molar-refractivity contribution is 7.15. The van der Waals surface area contributed by atoms with Gasteiger partial charge in [0.15, 0.2) is 16.5 Å². The topological polar surface area (TPSA) is 146 Å². The second kappa shape index (κ2) is 14.2. The third-order valence-electron chi connectivity index (χ3n) is 11.7. The third-order valence-corrected chi connectivity index (χ3v) is 13.0. The van der Waals surface area contributed by atoms with Crippen LogP contribution in [0, 0.1) is 23.7 Å². The summed E-state index contributed by atoms with van der Waals surface area (Å²) in [5, 5.41) is 0.939. The van der Waals surface area contributed by atoms with Gasteiger partial charge in [0, 0.05) is 52.0 Å². The van der Waals surface area contributed by atoms with Crippen molar-refractivity contribution in [3.8, 4) is 0 Å². The first kappa shape index (κ1) is 35.0. The van der Waals surface area contributed by atoms with E-state index in [2.05, 4.69) is 18.7 Å². The van der Waals surface area contributed by atoms with Gasteiger partial charge in [0.25, 0.3) is 5.91 Å². The van der Waals surface area contributed by atoms with Gasteiger partial charge in [-0.2, -0.15) is 0 Å². The molecule has 0 spiro atoms. The molecule has 4 unspecified atom stereocenters. The number of fused-ring (bicyclic) bond motifs is 3. The predicted octanol–water partition coefficient (Wildman–Crippen LogP) is 3.79. The maximum absolute atomic E-state index is 15.1. The molecule has 6 rings (SSSR count). The molecule has 2 aliphatic carbocycles. The lowest BCUT2D eigenvalue weighted by atomic mass is 9.66. The van der Waals surface area contributed by atoms with Crippen LogP contribution in [0.4, 0.5) is 5.13 Å². The minimum atomic E-state index is -1.90. The molecule has 3 fully saturated rings. The highest BCUT2D eigenvalue weighted by Gasteiger charge is 2.55. The van der Waals surface area contributed by atoms with E-state index in [0.717, 1.165) is 56.5 Å². The summed E-state index contributed by atoms with van der Waals surface area (Å²) in [6.07, 6.45) is 13.5. The Morgan fingerprint density at radius 3 is 2.25 bits per heavy atom. The molecule has 2 bridgehead atoms. The lowest BCUT2D eigenvalue weighted by molar-refractivity contribution is -0.141. The molecule has 13 heteroatoms. The van der Waals surface area contributed by atoms with Crippen molar-refractivity contribution in [1.29, 1.82) is 0 Å². The SMILES string of the molecule is CC(=O)N1CCN(CC2c3cnc(s3)N(C(C(=O)C(N)(C(N)=O)C3CCC(C)CC3)C3CCC(C)CC3)C(=O)C3C=CC(Cl)=CN32)CC1. The van der Waals surface area contributed by atoms with Gasteiger partial charge in [0.05, 0.1) is 16.0 Å². The Hall–Kier alpha value is -2.80. The van der Waals surface area contributed by atoms with E-state index in [1.54, 1.807) is 30.2 Å². The number of hydrogen-bond donors (Lipinski definition) is 2. The molecule has 4 heterocycles. The summed E-state index contributed by atoms with van der Waals surface area (Å²) < 4.78 is 0. The van der Waals surface area contributed by atoms with Crippen LogP contribution in [0.3, 0.4) is 0 Å². The minimum Gasteiger partial charge on any atom is -0.368 e. The van der Waals surface area contributed by atoms with Crippen LogP contribution >= 0.6 is 22.9 Å². The number of ketones is 1. The van der Waals surface area contributed by atoms with Crippen molar-refractivity contribution in [3.05, 3.63) is 34.5 Å². The van der Waals surface area contributed by atoms with E-state index in [-0.39, 0.29) is 29.7 Å². The monoisotopic (exact) mass is 699 g/mol. The molecule has 3 aliphatic heterocycles. The Balaban J connectivity index is 1.40. The molecule has 48 heavy (non-hydrogen) atoms. The summed E-state index contributed by atoms with van der Waals surface area (Å²) in [7, 11) is 0. The third kappa shape index (κ3) is 6.69.